The predicted octanol–water partition coefficient (Wildman–Crippen LogP) is 5.71. The summed E-state index contributed by atoms with van der Waals surface area (Å²) >= 11 is 7.58. The Kier molecular flexibility index (Phi) is 5.45. The maximum atomic E-state index is 12.6. The number of para-hydroxylation sites is 1. The fraction of sp³-hybridized carbons (Fsp3) is 0.174. The highest BCUT2D eigenvalue weighted by Crippen LogP contribution is 2.32. The van der Waals surface area contributed by atoms with Crippen LogP contribution in [0.5, 0.6) is 0 Å². The van der Waals surface area contributed by atoms with E-state index < -0.39 is 5.97 Å². The monoisotopic (exact) mass is 438 g/mol. The van der Waals surface area contributed by atoms with Gasteiger partial charge in [0.05, 0.1) is 16.4 Å². The molecule has 0 saturated carbocycles. The quantitative estimate of drug-likeness (QED) is 0.296. The Labute approximate surface area is 182 Å². The molecule has 0 N–H and O–H groups in total. The Hall–Kier alpha value is -2.96. The number of nitrogens with zero attached hydrogens (tertiary/aromatic N) is 2. The van der Waals surface area contributed by atoms with Crippen molar-refractivity contribution < 1.29 is 14.3 Å². The van der Waals surface area contributed by atoms with Gasteiger partial charge in [-0.2, -0.15) is 5.10 Å². The highest BCUT2D eigenvalue weighted by atomic mass is 35.5. The van der Waals surface area contributed by atoms with Crippen LogP contribution in [0.4, 0.5) is 0 Å². The highest BCUT2D eigenvalue weighted by Gasteiger charge is 2.20. The number of fused-ring (bicyclic) bond motifs is 1. The lowest BCUT2D eigenvalue weighted by molar-refractivity contribution is 0.0479. The van der Waals surface area contributed by atoms with E-state index in [1.807, 2.05) is 51.1 Å². The summed E-state index contributed by atoms with van der Waals surface area (Å²) in [6, 6.07) is 14.6. The zero-order valence-corrected chi connectivity index (χ0v) is 18.3. The second-order valence-electron chi connectivity index (χ2n) is 7.08. The van der Waals surface area contributed by atoms with Gasteiger partial charge in [-0.25, -0.2) is 9.48 Å². The number of hydrogen-bond acceptors (Lipinski definition) is 5. The normalized spacial score (nSPS) is 11.1. The zero-order valence-electron chi connectivity index (χ0n) is 16.7. The maximum Gasteiger partial charge on any atom is 0.348 e. The van der Waals surface area contributed by atoms with Gasteiger partial charge in [-0.15, -0.1) is 11.3 Å². The lowest BCUT2D eigenvalue weighted by atomic mass is 10.0. The minimum atomic E-state index is -0.529. The van der Waals surface area contributed by atoms with Crippen LogP contribution in [0.3, 0.4) is 0 Å². The molecule has 0 saturated heterocycles. The number of esters is 1. The van der Waals surface area contributed by atoms with Crippen molar-refractivity contribution in [3.63, 3.8) is 0 Å². The molecule has 2 aromatic carbocycles. The molecule has 4 rings (SSSR count). The van der Waals surface area contributed by atoms with Crippen molar-refractivity contribution in [1.29, 1.82) is 0 Å². The Balaban J connectivity index is 1.55. The lowest BCUT2D eigenvalue weighted by Gasteiger charge is -2.06. The van der Waals surface area contributed by atoms with Crippen LogP contribution in [0.15, 0.2) is 48.5 Å². The molecule has 2 heterocycles. The zero-order chi connectivity index (χ0) is 21.4. The second kappa shape index (κ2) is 8.05. The van der Waals surface area contributed by atoms with Gasteiger partial charge in [-0.3, -0.25) is 4.79 Å². The summed E-state index contributed by atoms with van der Waals surface area (Å²) in [7, 11) is 0. The molecule has 0 unspecified atom stereocenters. The van der Waals surface area contributed by atoms with Crippen LogP contribution in [0, 0.1) is 20.8 Å². The van der Waals surface area contributed by atoms with E-state index in [1.54, 1.807) is 22.9 Å². The minimum Gasteiger partial charge on any atom is -0.453 e. The topological polar surface area (TPSA) is 61.2 Å². The molecule has 0 aliphatic carbocycles. The van der Waals surface area contributed by atoms with Gasteiger partial charge >= 0.3 is 5.97 Å². The highest BCUT2D eigenvalue weighted by molar-refractivity contribution is 7.20. The third-order valence-electron chi connectivity index (χ3n) is 4.99. The third-order valence-corrected chi connectivity index (χ3v) is 6.40. The molecule has 0 amide bonds. The summed E-state index contributed by atoms with van der Waals surface area (Å²) in [6.45, 7) is 5.50. The SMILES string of the molecule is Cc1ccc(C(=O)COC(=O)c2cc3c(C)nn(-c4ccccc4Cl)c3s2)cc1C. The van der Waals surface area contributed by atoms with E-state index in [0.717, 1.165) is 32.7 Å². The molecule has 152 valence electrons. The number of rotatable bonds is 5. The van der Waals surface area contributed by atoms with Crippen LogP contribution in [0.1, 0.15) is 36.9 Å². The number of ketones is 1. The van der Waals surface area contributed by atoms with Crippen molar-refractivity contribution in [2.75, 3.05) is 6.61 Å². The molecule has 0 radical (unpaired) electrons. The van der Waals surface area contributed by atoms with Crippen LogP contribution >= 0.6 is 22.9 Å². The van der Waals surface area contributed by atoms with Crippen LogP contribution in [0.25, 0.3) is 15.9 Å². The van der Waals surface area contributed by atoms with Crippen molar-refractivity contribution in [2.45, 2.75) is 20.8 Å². The number of carbonyl (C=O) groups is 2. The number of Topliss-reactive ketones (excluding diaryl/α,β-unsaturated/α-hetero) is 1. The maximum absolute atomic E-state index is 12.6. The second-order valence-corrected chi connectivity index (χ2v) is 8.51. The first-order valence-electron chi connectivity index (χ1n) is 9.37. The molecule has 0 fully saturated rings. The van der Waals surface area contributed by atoms with E-state index in [4.69, 9.17) is 16.3 Å². The van der Waals surface area contributed by atoms with Crippen LogP contribution in [-0.2, 0) is 4.74 Å². The molecule has 0 aliphatic rings. The lowest BCUT2D eigenvalue weighted by Crippen LogP contribution is -2.13. The number of aromatic nitrogens is 2. The largest absolute Gasteiger partial charge is 0.453 e. The summed E-state index contributed by atoms with van der Waals surface area (Å²) < 4.78 is 7.02. The van der Waals surface area contributed by atoms with E-state index in [0.29, 0.717) is 15.5 Å². The van der Waals surface area contributed by atoms with Gasteiger partial charge in [0.15, 0.2) is 12.4 Å². The predicted molar refractivity (Wildman–Crippen MR) is 119 cm³/mol. The van der Waals surface area contributed by atoms with Gasteiger partial charge in [0.1, 0.15) is 9.71 Å². The molecular formula is C23H19ClN2O3S. The summed E-state index contributed by atoms with van der Waals surface area (Å²) in [5.74, 6) is -0.760. The van der Waals surface area contributed by atoms with E-state index in [-0.39, 0.29) is 12.4 Å². The van der Waals surface area contributed by atoms with E-state index in [1.165, 1.54) is 11.3 Å². The molecule has 4 aromatic rings. The van der Waals surface area contributed by atoms with Crippen molar-refractivity contribution in [2.24, 2.45) is 0 Å². The number of aryl methyl sites for hydroxylation is 3. The van der Waals surface area contributed by atoms with Crippen molar-refractivity contribution in [1.82, 2.24) is 9.78 Å². The first-order chi connectivity index (χ1) is 14.3. The smallest absolute Gasteiger partial charge is 0.348 e. The van der Waals surface area contributed by atoms with Gasteiger partial charge in [0.2, 0.25) is 0 Å². The van der Waals surface area contributed by atoms with E-state index >= 15 is 0 Å². The van der Waals surface area contributed by atoms with E-state index in [2.05, 4.69) is 5.10 Å². The first-order valence-corrected chi connectivity index (χ1v) is 10.6. The molecule has 0 atom stereocenters. The Morgan fingerprint density at radius 2 is 1.83 bits per heavy atom. The summed E-state index contributed by atoms with van der Waals surface area (Å²) in [6.07, 6.45) is 0. The number of halogens is 1. The molecule has 0 aliphatic heterocycles. The van der Waals surface area contributed by atoms with Crippen LogP contribution in [0.2, 0.25) is 5.02 Å². The molecule has 7 heteroatoms. The van der Waals surface area contributed by atoms with Gasteiger partial charge in [-0.1, -0.05) is 35.9 Å². The fourth-order valence-corrected chi connectivity index (χ4v) is 4.42. The van der Waals surface area contributed by atoms with Crippen molar-refractivity contribution in [3.8, 4) is 5.69 Å². The van der Waals surface area contributed by atoms with Crippen molar-refractivity contribution >= 4 is 44.9 Å². The average molecular weight is 439 g/mol. The summed E-state index contributed by atoms with van der Waals surface area (Å²) in [5.41, 5.74) is 4.19. The number of carbonyl (C=O) groups excluding carboxylic acids is 2. The van der Waals surface area contributed by atoms with Crippen LogP contribution < -0.4 is 0 Å². The summed E-state index contributed by atoms with van der Waals surface area (Å²) in [4.78, 5) is 26.2. The molecule has 2 aromatic heterocycles. The number of thiophene rings is 1. The third kappa shape index (κ3) is 3.76. The average Bonchev–Trinajstić information content (AvgIpc) is 3.29. The van der Waals surface area contributed by atoms with Crippen molar-refractivity contribution in [3.05, 3.63) is 80.8 Å². The van der Waals surface area contributed by atoms with Gasteiger partial charge in [0.25, 0.3) is 0 Å². The standard InChI is InChI=1S/C23H19ClN2O3S/c1-13-8-9-16(10-14(13)2)20(27)12-29-23(28)21-11-17-15(3)25-26(22(17)30-21)19-7-5-4-6-18(19)24/h4-11H,12H2,1-3H3. The van der Waals surface area contributed by atoms with Gasteiger partial charge in [0, 0.05) is 10.9 Å². The summed E-state index contributed by atoms with van der Waals surface area (Å²) in [5, 5.41) is 5.97. The molecule has 0 spiro atoms. The molecule has 5 nitrogen and oxygen atoms in total. The number of benzene rings is 2. The van der Waals surface area contributed by atoms with Crippen LogP contribution in [-0.4, -0.2) is 28.1 Å². The molecular weight excluding hydrogens is 420 g/mol. The van der Waals surface area contributed by atoms with Gasteiger partial charge in [-0.05, 0) is 56.2 Å². The molecule has 0 bridgehead atoms. The number of ether oxygens (including phenoxy) is 1. The Morgan fingerprint density at radius 1 is 1.07 bits per heavy atom. The Bertz CT molecular complexity index is 1290. The minimum absolute atomic E-state index is 0.231. The van der Waals surface area contributed by atoms with E-state index in [9.17, 15) is 9.59 Å². The number of hydrogen-bond donors (Lipinski definition) is 0. The first kappa shape index (κ1) is 20.3. The Morgan fingerprint density at radius 3 is 2.57 bits per heavy atom. The fourth-order valence-electron chi connectivity index (χ4n) is 3.14. The molecule has 30 heavy (non-hydrogen) atoms. The van der Waals surface area contributed by atoms with Gasteiger partial charge < -0.3 is 4.74 Å².